The third-order valence-electron chi connectivity index (χ3n) is 5.08. The van der Waals surface area contributed by atoms with Crippen molar-refractivity contribution in [1.82, 2.24) is 14.8 Å². The second-order valence-corrected chi connectivity index (χ2v) is 8.41. The van der Waals surface area contributed by atoms with Crippen LogP contribution in [0.1, 0.15) is 56.3 Å². The molecule has 0 N–H and O–H groups in total. The number of aryl methyl sites for hydroxylation is 1. The van der Waals surface area contributed by atoms with Gasteiger partial charge in [-0.1, -0.05) is 20.8 Å². The van der Waals surface area contributed by atoms with Gasteiger partial charge < -0.3 is 14.2 Å². The van der Waals surface area contributed by atoms with E-state index >= 15 is 0 Å². The first-order valence-electron chi connectivity index (χ1n) is 8.71. The molecule has 132 valence electrons. The largest absolute Gasteiger partial charge is 0.448 e. The molecule has 6 nitrogen and oxygen atoms in total. The van der Waals surface area contributed by atoms with Gasteiger partial charge in [-0.15, -0.1) is 0 Å². The van der Waals surface area contributed by atoms with Crippen LogP contribution in [0, 0.1) is 17.8 Å². The molecule has 0 aliphatic carbocycles. The van der Waals surface area contributed by atoms with Crippen molar-refractivity contribution >= 4 is 11.8 Å². The number of carbonyl (C=O) groups is 2. The van der Waals surface area contributed by atoms with Gasteiger partial charge in [-0.2, -0.15) is 0 Å². The van der Waals surface area contributed by atoms with Crippen molar-refractivity contribution in [2.75, 3.05) is 26.2 Å². The smallest absolute Gasteiger partial charge is 0.276 e. The van der Waals surface area contributed by atoms with E-state index in [1.165, 1.54) is 6.39 Å². The highest BCUT2D eigenvalue weighted by Gasteiger charge is 2.50. The topological polar surface area (TPSA) is 66.7 Å². The number of oxazole rings is 1. The summed E-state index contributed by atoms with van der Waals surface area (Å²) in [7, 11) is 0. The number of nitrogens with zero attached hydrogens (tertiary/aromatic N) is 3. The molecule has 2 aliphatic heterocycles. The Labute approximate surface area is 143 Å². The van der Waals surface area contributed by atoms with Crippen LogP contribution in [0.2, 0.25) is 0 Å². The third kappa shape index (κ3) is 3.06. The Bertz CT molecular complexity index is 646. The molecule has 0 bridgehead atoms. The van der Waals surface area contributed by atoms with Gasteiger partial charge in [0.05, 0.1) is 5.41 Å². The zero-order chi connectivity index (χ0) is 17.5. The molecule has 3 rings (SSSR count). The minimum absolute atomic E-state index is 0.0835. The zero-order valence-corrected chi connectivity index (χ0v) is 15.1. The highest BCUT2D eigenvalue weighted by Crippen LogP contribution is 2.41. The van der Waals surface area contributed by atoms with Crippen molar-refractivity contribution in [3.05, 3.63) is 17.8 Å². The van der Waals surface area contributed by atoms with E-state index in [1.807, 2.05) is 4.90 Å². The molecule has 0 unspecified atom stereocenters. The monoisotopic (exact) mass is 333 g/mol. The van der Waals surface area contributed by atoms with Gasteiger partial charge in [-0.3, -0.25) is 9.59 Å². The van der Waals surface area contributed by atoms with Gasteiger partial charge in [0.2, 0.25) is 5.91 Å². The average molecular weight is 333 g/mol. The second kappa shape index (κ2) is 5.90. The van der Waals surface area contributed by atoms with Crippen LogP contribution >= 0.6 is 0 Å². The normalized spacial score (nSPS) is 24.9. The standard InChI is InChI=1S/C18H27N3O3/c1-13-14(19-12-24-13)15(22)20-9-7-18(11-20)6-5-8-21(16(18)23)10-17(2,3)4/h12H,5-11H2,1-4H3/t18-/m0/s1. The van der Waals surface area contributed by atoms with E-state index in [0.29, 0.717) is 24.5 Å². The number of hydrogen-bond donors (Lipinski definition) is 0. The Morgan fingerprint density at radius 2 is 2.08 bits per heavy atom. The molecule has 0 radical (unpaired) electrons. The van der Waals surface area contributed by atoms with E-state index in [0.717, 1.165) is 32.4 Å². The fraction of sp³-hybridized carbons (Fsp3) is 0.722. The van der Waals surface area contributed by atoms with E-state index in [1.54, 1.807) is 11.8 Å². The van der Waals surface area contributed by atoms with Crippen molar-refractivity contribution < 1.29 is 14.0 Å². The van der Waals surface area contributed by atoms with Crippen LogP contribution in [-0.2, 0) is 4.79 Å². The van der Waals surface area contributed by atoms with Gasteiger partial charge in [0.1, 0.15) is 5.76 Å². The van der Waals surface area contributed by atoms with Gasteiger partial charge in [0.15, 0.2) is 12.1 Å². The Balaban J connectivity index is 1.74. The fourth-order valence-electron chi connectivity index (χ4n) is 3.96. The highest BCUT2D eigenvalue weighted by molar-refractivity contribution is 5.94. The maximum absolute atomic E-state index is 13.1. The summed E-state index contributed by atoms with van der Waals surface area (Å²) in [6.07, 6.45) is 3.92. The third-order valence-corrected chi connectivity index (χ3v) is 5.08. The second-order valence-electron chi connectivity index (χ2n) is 8.41. The lowest BCUT2D eigenvalue weighted by Crippen LogP contribution is -2.52. The van der Waals surface area contributed by atoms with E-state index in [9.17, 15) is 9.59 Å². The van der Waals surface area contributed by atoms with Crippen LogP contribution in [-0.4, -0.2) is 52.8 Å². The van der Waals surface area contributed by atoms with Crippen molar-refractivity contribution in [2.45, 2.75) is 47.0 Å². The van der Waals surface area contributed by atoms with Crippen LogP contribution in [0.25, 0.3) is 0 Å². The van der Waals surface area contributed by atoms with Gasteiger partial charge in [-0.25, -0.2) is 4.98 Å². The number of piperidine rings is 1. The van der Waals surface area contributed by atoms with Crippen LogP contribution in [0.15, 0.2) is 10.8 Å². The number of likely N-dealkylation sites (tertiary alicyclic amines) is 2. The SMILES string of the molecule is Cc1ocnc1C(=O)N1CC[C@@]2(CCCN(CC(C)(C)C)C2=O)C1. The van der Waals surface area contributed by atoms with Crippen LogP contribution in [0.5, 0.6) is 0 Å². The predicted octanol–water partition coefficient (Wildman–Crippen LogP) is 2.48. The van der Waals surface area contributed by atoms with Crippen molar-refractivity contribution in [3.8, 4) is 0 Å². The molecule has 1 spiro atoms. The summed E-state index contributed by atoms with van der Waals surface area (Å²) in [4.78, 5) is 33.5. The number of rotatable bonds is 2. The fourth-order valence-corrected chi connectivity index (χ4v) is 3.96. The molecule has 2 amide bonds. The van der Waals surface area contributed by atoms with Gasteiger partial charge in [-0.05, 0) is 31.6 Å². The summed E-state index contributed by atoms with van der Waals surface area (Å²) in [5.74, 6) is 0.625. The van der Waals surface area contributed by atoms with Gasteiger partial charge in [0.25, 0.3) is 5.91 Å². The summed E-state index contributed by atoms with van der Waals surface area (Å²) in [5, 5.41) is 0. The average Bonchev–Trinajstić information content (AvgIpc) is 3.10. The minimum Gasteiger partial charge on any atom is -0.448 e. The summed E-state index contributed by atoms with van der Waals surface area (Å²) in [5.41, 5.74) is 0.0403. The van der Waals surface area contributed by atoms with E-state index in [2.05, 4.69) is 25.8 Å². The molecule has 6 heteroatoms. The molecule has 24 heavy (non-hydrogen) atoms. The first-order chi connectivity index (χ1) is 11.2. The maximum atomic E-state index is 13.1. The summed E-state index contributed by atoms with van der Waals surface area (Å²) in [6.45, 7) is 10.9. The quantitative estimate of drug-likeness (QED) is 0.834. The lowest BCUT2D eigenvalue weighted by Gasteiger charge is -2.41. The molecule has 2 aliphatic rings. The highest BCUT2D eigenvalue weighted by atomic mass is 16.3. The minimum atomic E-state index is -0.406. The Morgan fingerprint density at radius 3 is 2.71 bits per heavy atom. The molecule has 1 aromatic heterocycles. The predicted molar refractivity (Wildman–Crippen MR) is 89.5 cm³/mol. The Kier molecular flexibility index (Phi) is 4.18. The molecule has 0 saturated carbocycles. The molecule has 0 aromatic carbocycles. The van der Waals surface area contributed by atoms with Crippen molar-refractivity contribution in [1.29, 1.82) is 0 Å². The van der Waals surface area contributed by atoms with E-state index in [4.69, 9.17) is 4.42 Å². The Morgan fingerprint density at radius 1 is 1.33 bits per heavy atom. The molecule has 1 aromatic rings. The first kappa shape index (κ1) is 17.0. The van der Waals surface area contributed by atoms with Gasteiger partial charge >= 0.3 is 0 Å². The number of amides is 2. The van der Waals surface area contributed by atoms with Crippen LogP contribution < -0.4 is 0 Å². The molecule has 1 atom stereocenters. The molecule has 2 fully saturated rings. The number of carbonyl (C=O) groups excluding carboxylic acids is 2. The summed E-state index contributed by atoms with van der Waals surface area (Å²) >= 11 is 0. The number of hydrogen-bond acceptors (Lipinski definition) is 4. The van der Waals surface area contributed by atoms with Crippen molar-refractivity contribution in [3.63, 3.8) is 0 Å². The van der Waals surface area contributed by atoms with Crippen molar-refractivity contribution in [2.24, 2.45) is 10.8 Å². The first-order valence-corrected chi connectivity index (χ1v) is 8.71. The molecular formula is C18H27N3O3. The summed E-state index contributed by atoms with van der Waals surface area (Å²) in [6, 6.07) is 0. The molecule has 2 saturated heterocycles. The molecule has 3 heterocycles. The maximum Gasteiger partial charge on any atom is 0.276 e. The zero-order valence-electron chi connectivity index (χ0n) is 15.1. The van der Waals surface area contributed by atoms with E-state index < -0.39 is 5.41 Å². The number of aromatic nitrogens is 1. The molecular weight excluding hydrogens is 306 g/mol. The summed E-state index contributed by atoms with van der Waals surface area (Å²) < 4.78 is 5.14. The lowest BCUT2D eigenvalue weighted by atomic mass is 9.77. The van der Waals surface area contributed by atoms with Gasteiger partial charge in [0, 0.05) is 26.2 Å². The van der Waals surface area contributed by atoms with Crippen LogP contribution in [0.3, 0.4) is 0 Å². The van der Waals surface area contributed by atoms with E-state index in [-0.39, 0.29) is 17.2 Å². The lowest BCUT2D eigenvalue weighted by molar-refractivity contribution is -0.146. The Hall–Kier alpha value is -1.85. The van der Waals surface area contributed by atoms with Crippen LogP contribution in [0.4, 0.5) is 0 Å².